The summed E-state index contributed by atoms with van der Waals surface area (Å²) in [5, 5.41) is 16.0. The number of nitriles is 1. The Kier molecular flexibility index (Phi) is 3.35. The van der Waals surface area contributed by atoms with Crippen molar-refractivity contribution in [3.63, 3.8) is 0 Å². The average molecular weight is 317 g/mol. The minimum absolute atomic E-state index is 0.596. The molecule has 0 atom stereocenters. The third kappa shape index (κ3) is 2.25. The van der Waals surface area contributed by atoms with Crippen molar-refractivity contribution in [1.29, 1.82) is 5.26 Å². The molecule has 4 aromatic rings. The molecule has 3 aromatic heterocycles. The molecule has 0 aliphatic carbocycles. The Labute approximate surface area is 138 Å². The quantitative estimate of drug-likeness (QED) is 0.626. The number of aryl methyl sites for hydroxylation is 1. The number of nitrogens with one attached hydrogen (secondary N) is 1. The molecule has 1 aromatic carbocycles. The van der Waals surface area contributed by atoms with E-state index in [1.165, 1.54) is 0 Å². The van der Waals surface area contributed by atoms with Gasteiger partial charge in [-0.3, -0.25) is 5.10 Å². The van der Waals surface area contributed by atoms with Crippen LogP contribution in [-0.4, -0.2) is 29.3 Å². The Bertz CT molecular complexity index is 1030. The zero-order valence-corrected chi connectivity index (χ0v) is 13.1. The molecule has 1 N–H and O–H groups in total. The molecule has 7 heteroatoms. The van der Waals surface area contributed by atoms with Crippen LogP contribution in [0.3, 0.4) is 0 Å². The van der Waals surface area contributed by atoms with Crippen LogP contribution in [-0.2, 0) is 13.1 Å². The monoisotopic (exact) mass is 317 g/mol. The molecule has 3 heterocycles. The molecule has 0 aliphatic heterocycles. The molecule has 7 nitrogen and oxygen atoms in total. The van der Waals surface area contributed by atoms with Gasteiger partial charge < -0.3 is 9.13 Å². The fourth-order valence-corrected chi connectivity index (χ4v) is 2.94. The lowest BCUT2D eigenvalue weighted by Gasteiger charge is -2.09. The van der Waals surface area contributed by atoms with Gasteiger partial charge in [-0.05, 0) is 31.2 Å². The number of benzene rings is 1. The molecule has 0 unspecified atom stereocenters. The van der Waals surface area contributed by atoms with Crippen LogP contribution in [0.4, 0.5) is 0 Å². The molecule has 0 aliphatic rings. The lowest BCUT2D eigenvalue weighted by Crippen LogP contribution is -2.08. The molecule has 0 fully saturated rings. The van der Waals surface area contributed by atoms with E-state index in [2.05, 4.69) is 32.7 Å². The van der Waals surface area contributed by atoms with E-state index in [-0.39, 0.29) is 0 Å². The van der Waals surface area contributed by atoms with E-state index >= 15 is 0 Å². The molecule has 0 saturated heterocycles. The average Bonchev–Trinajstić information content (AvgIpc) is 3.33. The first-order valence-electron chi connectivity index (χ1n) is 7.70. The predicted octanol–water partition coefficient (Wildman–Crippen LogP) is 2.56. The van der Waals surface area contributed by atoms with Gasteiger partial charge in [-0.15, -0.1) is 0 Å². The second-order valence-corrected chi connectivity index (χ2v) is 5.44. The standard InChI is InChI=1S/C17H15N7/c1-2-24-15-4-3-12(10-18)9-14(15)21-16(24)11-23-8-7-19-17(23)13-5-6-20-22-13/h3-9H,2,11H2,1H3,(H,20,22). The number of fused-ring (bicyclic) bond motifs is 1. The van der Waals surface area contributed by atoms with Gasteiger partial charge in [0.1, 0.15) is 11.5 Å². The summed E-state index contributed by atoms with van der Waals surface area (Å²) in [6, 6.07) is 9.66. The Morgan fingerprint density at radius 3 is 2.92 bits per heavy atom. The van der Waals surface area contributed by atoms with Crippen molar-refractivity contribution < 1.29 is 0 Å². The van der Waals surface area contributed by atoms with Crippen molar-refractivity contribution in [2.75, 3.05) is 0 Å². The summed E-state index contributed by atoms with van der Waals surface area (Å²) in [6.45, 7) is 3.50. The first kappa shape index (κ1) is 14.2. The summed E-state index contributed by atoms with van der Waals surface area (Å²) in [5.41, 5.74) is 3.37. The highest BCUT2D eigenvalue weighted by atomic mass is 15.2. The van der Waals surface area contributed by atoms with E-state index in [1.54, 1.807) is 12.4 Å². The minimum atomic E-state index is 0.596. The number of aromatic amines is 1. The topological polar surface area (TPSA) is 88.1 Å². The summed E-state index contributed by atoms with van der Waals surface area (Å²) in [7, 11) is 0. The number of H-pyrrole nitrogens is 1. The predicted molar refractivity (Wildman–Crippen MR) is 89.0 cm³/mol. The van der Waals surface area contributed by atoms with Crippen molar-refractivity contribution in [3.8, 4) is 17.6 Å². The van der Waals surface area contributed by atoms with Crippen molar-refractivity contribution in [1.82, 2.24) is 29.3 Å². The van der Waals surface area contributed by atoms with Gasteiger partial charge in [0.05, 0.1) is 29.2 Å². The highest BCUT2D eigenvalue weighted by Crippen LogP contribution is 2.20. The van der Waals surface area contributed by atoms with Crippen LogP contribution < -0.4 is 0 Å². The summed E-state index contributed by atoms with van der Waals surface area (Å²) < 4.78 is 4.19. The first-order valence-corrected chi connectivity index (χ1v) is 7.70. The van der Waals surface area contributed by atoms with Crippen LogP contribution in [0.15, 0.2) is 42.9 Å². The van der Waals surface area contributed by atoms with Crippen molar-refractivity contribution >= 4 is 11.0 Å². The van der Waals surface area contributed by atoms with Gasteiger partial charge in [0, 0.05) is 25.1 Å². The highest BCUT2D eigenvalue weighted by Gasteiger charge is 2.13. The second-order valence-electron chi connectivity index (χ2n) is 5.44. The van der Waals surface area contributed by atoms with Crippen LogP contribution in [0.5, 0.6) is 0 Å². The number of hydrogen-bond acceptors (Lipinski definition) is 4. The smallest absolute Gasteiger partial charge is 0.158 e. The van der Waals surface area contributed by atoms with Crippen LogP contribution in [0.2, 0.25) is 0 Å². The van der Waals surface area contributed by atoms with Gasteiger partial charge in [-0.25, -0.2) is 9.97 Å². The molecule has 0 bridgehead atoms. The number of rotatable bonds is 4. The second kappa shape index (κ2) is 5.66. The van der Waals surface area contributed by atoms with Crippen LogP contribution in [0, 0.1) is 11.3 Å². The summed E-state index contributed by atoms with van der Waals surface area (Å²) >= 11 is 0. The van der Waals surface area contributed by atoms with Crippen molar-refractivity contribution in [2.24, 2.45) is 0 Å². The van der Waals surface area contributed by atoms with Crippen molar-refractivity contribution in [3.05, 3.63) is 54.2 Å². The third-order valence-corrected chi connectivity index (χ3v) is 4.04. The molecular weight excluding hydrogens is 302 g/mol. The van der Waals surface area contributed by atoms with Crippen LogP contribution in [0.25, 0.3) is 22.6 Å². The van der Waals surface area contributed by atoms with Gasteiger partial charge in [-0.2, -0.15) is 10.4 Å². The SMILES string of the molecule is CCn1c(Cn2ccnc2-c2ccn[nH]2)nc2cc(C#N)ccc21. The Morgan fingerprint density at radius 2 is 2.17 bits per heavy atom. The van der Waals surface area contributed by atoms with E-state index in [4.69, 9.17) is 10.2 Å². The lowest BCUT2D eigenvalue weighted by atomic mass is 10.2. The van der Waals surface area contributed by atoms with Crippen LogP contribution in [0.1, 0.15) is 18.3 Å². The summed E-state index contributed by atoms with van der Waals surface area (Å²) in [6.07, 6.45) is 5.40. The Balaban J connectivity index is 1.78. The van der Waals surface area contributed by atoms with Gasteiger partial charge in [-0.1, -0.05) is 0 Å². The molecule has 0 amide bonds. The van der Waals surface area contributed by atoms with Crippen LogP contribution >= 0.6 is 0 Å². The number of imidazole rings is 2. The molecule has 24 heavy (non-hydrogen) atoms. The zero-order chi connectivity index (χ0) is 16.5. The van der Waals surface area contributed by atoms with E-state index in [1.807, 2.05) is 35.0 Å². The number of aromatic nitrogens is 6. The van der Waals surface area contributed by atoms with E-state index in [0.29, 0.717) is 12.1 Å². The fraction of sp³-hybridized carbons (Fsp3) is 0.176. The molecular formula is C17H15N7. The van der Waals surface area contributed by atoms with Gasteiger partial charge in [0.15, 0.2) is 5.82 Å². The minimum Gasteiger partial charge on any atom is -0.327 e. The van der Waals surface area contributed by atoms with E-state index in [0.717, 1.165) is 34.9 Å². The summed E-state index contributed by atoms with van der Waals surface area (Å²) in [5.74, 6) is 1.75. The number of nitrogens with zero attached hydrogens (tertiary/aromatic N) is 6. The maximum absolute atomic E-state index is 9.07. The molecule has 4 rings (SSSR count). The van der Waals surface area contributed by atoms with Crippen molar-refractivity contribution in [2.45, 2.75) is 20.0 Å². The zero-order valence-electron chi connectivity index (χ0n) is 13.1. The largest absolute Gasteiger partial charge is 0.327 e. The van der Waals surface area contributed by atoms with E-state index in [9.17, 15) is 0 Å². The maximum Gasteiger partial charge on any atom is 0.158 e. The molecule has 0 radical (unpaired) electrons. The third-order valence-electron chi connectivity index (χ3n) is 4.04. The molecule has 118 valence electrons. The Hall–Kier alpha value is -3.40. The lowest BCUT2D eigenvalue weighted by molar-refractivity contribution is 0.666. The highest BCUT2D eigenvalue weighted by molar-refractivity contribution is 5.77. The Morgan fingerprint density at radius 1 is 1.25 bits per heavy atom. The molecule has 0 saturated carbocycles. The molecule has 0 spiro atoms. The first-order chi connectivity index (χ1) is 11.8. The van der Waals surface area contributed by atoms with Gasteiger partial charge in [0.2, 0.25) is 0 Å². The maximum atomic E-state index is 9.07. The summed E-state index contributed by atoms with van der Waals surface area (Å²) in [4.78, 5) is 9.13. The number of hydrogen-bond donors (Lipinski definition) is 1. The fourth-order valence-electron chi connectivity index (χ4n) is 2.94. The van der Waals surface area contributed by atoms with Gasteiger partial charge in [0.25, 0.3) is 0 Å². The van der Waals surface area contributed by atoms with Gasteiger partial charge >= 0.3 is 0 Å². The normalized spacial score (nSPS) is 11.0. The van der Waals surface area contributed by atoms with E-state index < -0.39 is 0 Å².